The summed E-state index contributed by atoms with van der Waals surface area (Å²) in [4.78, 5) is 11.0. The molecule has 0 saturated heterocycles. The Morgan fingerprint density at radius 3 is 2.35 bits per heavy atom. The van der Waals surface area contributed by atoms with Gasteiger partial charge in [-0.25, -0.2) is 0 Å². The molecular formula is C15H15KO4. The fourth-order valence-electron chi connectivity index (χ4n) is 1.67. The molecule has 20 heavy (non-hydrogen) atoms. The van der Waals surface area contributed by atoms with Gasteiger partial charge in [0.15, 0.2) is 17.8 Å². The summed E-state index contributed by atoms with van der Waals surface area (Å²) in [7, 11) is 1.55. The first-order valence-corrected chi connectivity index (χ1v) is 5.64. The Morgan fingerprint density at radius 2 is 1.75 bits per heavy atom. The molecule has 0 aliphatic rings. The van der Waals surface area contributed by atoms with E-state index in [1.54, 1.807) is 25.3 Å². The molecule has 0 amide bonds. The third-order valence-corrected chi connectivity index (χ3v) is 2.58. The van der Waals surface area contributed by atoms with Crippen molar-refractivity contribution in [3.63, 3.8) is 0 Å². The second-order valence-corrected chi connectivity index (χ2v) is 3.77. The summed E-state index contributed by atoms with van der Waals surface area (Å²) in [5.74, 6) is 1.05. The van der Waals surface area contributed by atoms with Crippen molar-refractivity contribution in [2.24, 2.45) is 0 Å². The van der Waals surface area contributed by atoms with Crippen molar-refractivity contribution in [2.45, 2.75) is 6.61 Å². The van der Waals surface area contributed by atoms with Crippen molar-refractivity contribution < 1.29 is 71.1 Å². The Hall–Kier alpha value is -0.694. The zero-order valence-electron chi connectivity index (χ0n) is 11.6. The van der Waals surface area contributed by atoms with Gasteiger partial charge in [-0.1, -0.05) is 36.4 Å². The molecule has 2 aromatic rings. The third kappa shape index (κ3) is 5.01. The average Bonchev–Trinajstić information content (AvgIpc) is 2.45. The van der Waals surface area contributed by atoms with Gasteiger partial charge in [0.05, 0.1) is 12.7 Å². The number of benzene rings is 2. The number of carbonyl (C=O) groups is 1. The predicted octanol–water partition coefficient (Wildman–Crippen LogP) is -0.0861. The van der Waals surface area contributed by atoms with Crippen LogP contribution in [0, 0.1) is 0 Å². The zero-order valence-corrected chi connectivity index (χ0v) is 14.7. The molecule has 1 N–H and O–H groups in total. The van der Waals surface area contributed by atoms with E-state index in [9.17, 15) is 4.79 Å². The van der Waals surface area contributed by atoms with Gasteiger partial charge in [0.2, 0.25) is 0 Å². The van der Waals surface area contributed by atoms with Crippen molar-refractivity contribution in [1.82, 2.24) is 0 Å². The Kier molecular flexibility index (Phi) is 9.74. The number of rotatable bonds is 5. The number of hydrogen-bond acceptors (Lipinski definition) is 4. The molecule has 100 valence electrons. The normalized spacial score (nSPS) is 8.85. The number of carbonyl (C=O) groups excluding carboxylic acids is 1. The van der Waals surface area contributed by atoms with Gasteiger partial charge < -0.3 is 14.9 Å². The van der Waals surface area contributed by atoms with Gasteiger partial charge in [-0.3, -0.25) is 4.79 Å². The maximum Gasteiger partial charge on any atom is 1.00 e. The standard InChI is InChI=1S/C15H14O3.K.H2O/c1-17-14-9-5-8-13(10-16)15(14)18-11-12-6-3-2-4-7-12;;/h2-10H,11H2,1H3;;1H2/q;+1;/p-1. The molecule has 0 atom stereocenters. The van der Waals surface area contributed by atoms with Gasteiger partial charge in [0.1, 0.15) is 6.61 Å². The van der Waals surface area contributed by atoms with Crippen molar-refractivity contribution >= 4 is 6.29 Å². The van der Waals surface area contributed by atoms with Crippen molar-refractivity contribution in [1.29, 1.82) is 0 Å². The summed E-state index contributed by atoms with van der Waals surface area (Å²) in [5.41, 5.74) is 1.53. The fourth-order valence-corrected chi connectivity index (χ4v) is 1.67. The molecule has 2 aromatic carbocycles. The Bertz CT molecular complexity index is 529. The van der Waals surface area contributed by atoms with Crippen LogP contribution in [0.1, 0.15) is 15.9 Å². The van der Waals surface area contributed by atoms with Crippen LogP contribution in [-0.2, 0) is 6.61 Å². The molecule has 4 nitrogen and oxygen atoms in total. The van der Waals surface area contributed by atoms with Crippen molar-refractivity contribution in [3.05, 3.63) is 59.7 Å². The maximum absolute atomic E-state index is 11.0. The molecule has 0 bridgehead atoms. The first-order chi connectivity index (χ1) is 8.85. The van der Waals surface area contributed by atoms with E-state index < -0.39 is 0 Å². The van der Waals surface area contributed by atoms with Crippen LogP contribution in [-0.4, -0.2) is 18.9 Å². The van der Waals surface area contributed by atoms with Crippen LogP contribution >= 0.6 is 0 Å². The van der Waals surface area contributed by atoms with E-state index in [4.69, 9.17) is 9.47 Å². The molecular weight excluding hydrogens is 283 g/mol. The Labute approximate surface area is 160 Å². The quantitative estimate of drug-likeness (QED) is 0.572. The van der Waals surface area contributed by atoms with E-state index in [0.717, 1.165) is 11.8 Å². The van der Waals surface area contributed by atoms with Crippen LogP contribution in [0.15, 0.2) is 48.5 Å². The van der Waals surface area contributed by atoms with Crippen LogP contribution in [0.4, 0.5) is 0 Å². The maximum atomic E-state index is 11.0. The minimum atomic E-state index is 0. The second kappa shape index (κ2) is 10.1. The minimum absolute atomic E-state index is 0. The van der Waals surface area contributed by atoms with E-state index in [2.05, 4.69) is 0 Å². The molecule has 5 heteroatoms. The molecule has 0 aliphatic carbocycles. The monoisotopic (exact) mass is 298 g/mol. The van der Waals surface area contributed by atoms with E-state index in [0.29, 0.717) is 23.7 Å². The first-order valence-electron chi connectivity index (χ1n) is 5.64. The molecule has 0 aromatic heterocycles. The molecule has 0 fully saturated rings. The smallest absolute Gasteiger partial charge is 0.870 e. The fraction of sp³-hybridized carbons (Fsp3) is 0.133. The van der Waals surface area contributed by atoms with Gasteiger partial charge in [-0.2, -0.15) is 0 Å². The number of para-hydroxylation sites is 1. The van der Waals surface area contributed by atoms with E-state index in [1.165, 1.54) is 0 Å². The zero-order chi connectivity index (χ0) is 12.8. The summed E-state index contributed by atoms with van der Waals surface area (Å²) in [6.45, 7) is 0.405. The van der Waals surface area contributed by atoms with Gasteiger partial charge >= 0.3 is 51.4 Å². The largest absolute Gasteiger partial charge is 1.00 e. The average molecular weight is 298 g/mol. The minimum Gasteiger partial charge on any atom is -0.870 e. The first kappa shape index (κ1) is 19.3. The summed E-state index contributed by atoms with van der Waals surface area (Å²) in [6.07, 6.45) is 0.767. The second-order valence-electron chi connectivity index (χ2n) is 3.77. The number of methoxy groups -OCH3 is 1. The summed E-state index contributed by atoms with van der Waals surface area (Å²) >= 11 is 0. The van der Waals surface area contributed by atoms with Crippen LogP contribution in [0.3, 0.4) is 0 Å². The van der Waals surface area contributed by atoms with Crippen LogP contribution in [0.2, 0.25) is 0 Å². The van der Waals surface area contributed by atoms with Gasteiger partial charge in [0, 0.05) is 0 Å². The molecule has 2 rings (SSSR count). The Balaban J connectivity index is 0.00000180. The molecule has 0 spiro atoms. The molecule has 0 aliphatic heterocycles. The SMILES string of the molecule is COc1cccc(C=O)c1OCc1ccccc1.[K+].[OH-]. The molecule has 0 radical (unpaired) electrons. The molecule has 0 saturated carbocycles. The molecule has 0 heterocycles. The molecule has 0 unspecified atom stereocenters. The van der Waals surface area contributed by atoms with Crippen LogP contribution in [0.5, 0.6) is 11.5 Å². The van der Waals surface area contributed by atoms with Crippen LogP contribution < -0.4 is 60.9 Å². The Morgan fingerprint density at radius 1 is 1.05 bits per heavy atom. The van der Waals surface area contributed by atoms with E-state index in [1.807, 2.05) is 30.3 Å². The van der Waals surface area contributed by atoms with E-state index in [-0.39, 0.29) is 56.9 Å². The predicted molar refractivity (Wildman–Crippen MR) is 71.1 cm³/mol. The third-order valence-electron chi connectivity index (χ3n) is 2.58. The number of hydrogen-bond donors (Lipinski definition) is 0. The van der Waals surface area contributed by atoms with Gasteiger partial charge in [-0.15, -0.1) is 0 Å². The topological polar surface area (TPSA) is 65.5 Å². The van der Waals surface area contributed by atoms with Gasteiger partial charge in [-0.05, 0) is 17.7 Å². The van der Waals surface area contributed by atoms with Crippen LogP contribution in [0.25, 0.3) is 0 Å². The summed E-state index contributed by atoms with van der Waals surface area (Å²) < 4.78 is 10.9. The summed E-state index contributed by atoms with van der Waals surface area (Å²) in [5, 5.41) is 0. The number of aldehydes is 1. The summed E-state index contributed by atoms with van der Waals surface area (Å²) in [6, 6.07) is 15.0. The van der Waals surface area contributed by atoms with E-state index >= 15 is 0 Å². The number of ether oxygens (including phenoxy) is 2. The van der Waals surface area contributed by atoms with Gasteiger partial charge in [0.25, 0.3) is 0 Å². The van der Waals surface area contributed by atoms with Crippen molar-refractivity contribution in [2.75, 3.05) is 7.11 Å². The van der Waals surface area contributed by atoms with Crippen molar-refractivity contribution in [3.8, 4) is 11.5 Å².